The number of urea groups is 1. The van der Waals surface area contributed by atoms with Gasteiger partial charge < -0.3 is 0 Å². The number of nitrogens with one attached hydrogen (secondary N) is 1. The zero-order chi connectivity index (χ0) is 22.8. The number of halogens is 3. The molecule has 0 atom stereocenters. The number of nitrogens with zero attached hydrogens (tertiary/aromatic N) is 1. The molecule has 3 aromatic carbocycles. The summed E-state index contributed by atoms with van der Waals surface area (Å²) in [5.41, 5.74) is 2.58. The maximum atomic E-state index is 13.2. The van der Waals surface area contributed by atoms with Crippen molar-refractivity contribution in [2.75, 3.05) is 4.90 Å². The van der Waals surface area contributed by atoms with E-state index in [9.17, 15) is 14.4 Å². The molecule has 4 amide bonds. The Balaban J connectivity index is 1.75. The summed E-state index contributed by atoms with van der Waals surface area (Å²) in [5.74, 6) is -1.47. The van der Waals surface area contributed by atoms with E-state index in [1.54, 1.807) is 12.1 Å². The highest BCUT2D eigenvalue weighted by Gasteiger charge is 2.36. The van der Waals surface area contributed by atoms with Gasteiger partial charge in [0.05, 0.1) is 5.69 Å². The third kappa shape index (κ3) is 4.63. The van der Waals surface area contributed by atoms with Gasteiger partial charge in [0.25, 0.3) is 11.8 Å². The highest BCUT2D eigenvalue weighted by molar-refractivity contribution is 9.10. The van der Waals surface area contributed by atoms with Gasteiger partial charge in [-0.2, -0.15) is 0 Å². The normalized spacial score (nSPS) is 15.3. The maximum absolute atomic E-state index is 13.2. The predicted molar refractivity (Wildman–Crippen MR) is 129 cm³/mol. The van der Waals surface area contributed by atoms with Crippen molar-refractivity contribution in [1.29, 1.82) is 0 Å². The van der Waals surface area contributed by atoms with Crippen LogP contribution in [-0.2, 0) is 16.0 Å². The van der Waals surface area contributed by atoms with Crippen LogP contribution >= 0.6 is 39.1 Å². The zero-order valence-electron chi connectivity index (χ0n) is 16.4. The van der Waals surface area contributed by atoms with Crippen molar-refractivity contribution in [3.8, 4) is 0 Å². The van der Waals surface area contributed by atoms with Gasteiger partial charge in [0.15, 0.2) is 0 Å². The van der Waals surface area contributed by atoms with Gasteiger partial charge >= 0.3 is 6.03 Å². The van der Waals surface area contributed by atoms with Crippen molar-refractivity contribution in [2.24, 2.45) is 0 Å². The summed E-state index contributed by atoms with van der Waals surface area (Å²) in [6.07, 6.45) is 1.99. The van der Waals surface area contributed by atoms with Gasteiger partial charge in [-0.05, 0) is 71.7 Å². The van der Waals surface area contributed by atoms with Crippen LogP contribution in [0.5, 0.6) is 0 Å². The van der Waals surface area contributed by atoms with Gasteiger partial charge in [-0.25, -0.2) is 9.69 Å². The second-order valence-electron chi connectivity index (χ2n) is 7.05. The van der Waals surface area contributed by atoms with Crippen LogP contribution in [0.1, 0.15) is 16.7 Å². The minimum atomic E-state index is -0.815. The van der Waals surface area contributed by atoms with Crippen LogP contribution in [0.4, 0.5) is 10.5 Å². The molecule has 1 N–H and O–H groups in total. The Morgan fingerprint density at radius 2 is 1.62 bits per heavy atom. The van der Waals surface area contributed by atoms with Crippen molar-refractivity contribution in [1.82, 2.24) is 5.32 Å². The molecule has 0 bridgehead atoms. The van der Waals surface area contributed by atoms with E-state index in [4.69, 9.17) is 23.2 Å². The van der Waals surface area contributed by atoms with Crippen molar-refractivity contribution in [3.05, 3.63) is 104 Å². The molecule has 1 heterocycles. The van der Waals surface area contributed by atoms with E-state index in [2.05, 4.69) is 21.2 Å². The predicted octanol–water partition coefficient (Wildman–Crippen LogP) is 6.01. The van der Waals surface area contributed by atoms with Crippen LogP contribution < -0.4 is 10.2 Å². The molecule has 0 spiro atoms. The molecule has 1 aliphatic heterocycles. The number of amides is 4. The Kier molecular flexibility index (Phi) is 6.46. The lowest BCUT2D eigenvalue weighted by Gasteiger charge is -2.26. The monoisotopic (exact) mass is 528 g/mol. The van der Waals surface area contributed by atoms with E-state index >= 15 is 0 Å². The molecule has 4 rings (SSSR count). The highest BCUT2D eigenvalue weighted by atomic mass is 79.9. The first kappa shape index (κ1) is 22.3. The molecule has 1 aliphatic rings. The average Bonchev–Trinajstić information content (AvgIpc) is 2.75. The van der Waals surface area contributed by atoms with Gasteiger partial charge in [-0.1, -0.05) is 63.4 Å². The molecule has 1 fully saturated rings. The fourth-order valence-corrected chi connectivity index (χ4v) is 4.05. The SMILES string of the molecule is O=C1NC(=O)N(c2ccc(Cl)cc2)C(=O)/C1=C/c1cc(Br)ccc1Cc1ccccc1Cl. The molecule has 160 valence electrons. The Labute approximate surface area is 202 Å². The van der Waals surface area contributed by atoms with Crippen LogP contribution in [0.3, 0.4) is 0 Å². The molecule has 0 aliphatic carbocycles. The van der Waals surface area contributed by atoms with Gasteiger partial charge in [0.2, 0.25) is 0 Å². The molecule has 0 unspecified atom stereocenters. The van der Waals surface area contributed by atoms with Gasteiger partial charge in [-0.15, -0.1) is 0 Å². The van der Waals surface area contributed by atoms with E-state index in [1.807, 2.05) is 42.5 Å². The molecule has 8 heteroatoms. The standard InChI is InChI=1S/C24H15BrCl2N2O3/c25-17-6-5-14(11-15-3-1-2-4-21(15)27)16(12-17)13-20-22(30)28-24(32)29(23(20)31)19-9-7-18(26)8-10-19/h1-10,12-13H,11H2,(H,28,30,32)/b20-13+. The smallest absolute Gasteiger partial charge is 0.273 e. The van der Waals surface area contributed by atoms with E-state index in [-0.39, 0.29) is 5.57 Å². The van der Waals surface area contributed by atoms with Gasteiger partial charge in [-0.3, -0.25) is 14.9 Å². The summed E-state index contributed by atoms with van der Waals surface area (Å²) in [6, 6.07) is 18.4. The number of benzene rings is 3. The molecule has 0 saturated carbocycles. The van der Waals surface area contributed by atoms with Gasteiger partial charge in [0.1, 0.15) is 5.57 Å². The Morgan fingerprint density at radius 1 is 0.906 bits per heavy atom. The number of barbiturate groups is 1. The van der Waals surface area contributed by atoms with Crippen LogP contribution in [0.25, 0.3) is 6.08 Å². The second-order valence-corrected chi connectivity index (χ2v) is 8.80. The first-order valence-corrected chi connectivity index (χ1v) is 11.1. The summed E-state index contributed by atoms with van der Waals surface area (Å²) in [6.45, 7) is 0. The summed E-state index contributed by atoms with van der Waals surface area (Å²) in [7, 11) is 0. The number of carbonyl (C=O) groups excluding carboxylic acids is 3. The first-order valence-electron chi connectivity index (χ1n) is 9.52. The fraction of sp³-hybridized carbons (Fsp3) is 0.0417. The van der Waals surface area contributed by atoms with E-state index in [1.165, 1.54) is 18.2 Å². The summed E-state index contributed by atoms with van der Waals surface area (Å²) < 4.78 is 0.779. The molecular formula is C24H15BrCl2N2O3. The average molecular weight is 530 g/mol. The molecule has 0 aromatic heterocycles. The minimum absolute atomic E-state index is 0.155. The summed E-state index contributed by atoms with van der Waals surface area (Å²) in [5, 5.41) is 3.32. The van der Waals surface area contributed by atoms with Crippen LogP contribution in [0, 0.1) is 0 Å². The van der Waals surface area contributed by atoms with E-state index < -0.39 is 17.8 Å². The number of imide groups is 2. The Hall–Kier alpha value is -2.93. The Morgan fingerprint density at radius 3 is 2.34 bits per heavy atom. The van der Waals surface area contributed by atoms with Crippen LogP contribution in [0.2, 0.25) is 10.0 Å². The minimum Gasteiger partial charge on any atom is -0.273 e. The largest absolute Gasteiger partial charge is 0.335 e. The van der Waals surface area contributed by atoms with Crippen molar-refractivity contribution >= 4 is 68.7 Å². The molecule has 1 saturated heterocycles. The number of carbonyl (C=O) groups is 3. The van der Waals surface area contributed by atoms with Crippen molar-refractivity contribution in [3.63, 3.8) is 0 Å². The number of hydrogen-bond acceptors (Lipinski definition) is 3. The number of anilines is 1. The molecule has 3 aromatic rings. The van der Waals surface area contributed by atoms with Crippen molar-refractivity contribution in [2.45, 2.75) is 6.42 Å². The van der Waals surface area contributed by atoms with Gasteiger partial charge in [0, 0.05) is 14.5 Å². The lowest BCUT2D eigenvalue weighted by atomic mass is 9.97. The fourth-order valence-electron chi connectivity index (χ4n) is 3.35. The number of rotatable bonds is 4. The molecule has 0 radical (unpaired) electrons. The zero-order valence-corrected chi connectivity index (χ0v) is 19.5. The van der Waals surface area contributed by atoms with Crippen LogP contribution in [-0.4, -0.2) is 17.8 Å². The topological polar surface area (TPSA) is 66.5 Å². The molecule has 5 nitrogen and oxygen atoms in total. The third-order valence-electron chi connectivity index (χ3n) is 4.93. The second kappa shape index (κ2) is 9.28. The number of hydrogen-bond donors (Lipinski definition) is 1. The molecule has 32 heavy (non-hydrogen) atoms. The van der Waals surface area contributed by atoms with Crippen molar-refractivity contribution < 1.29 is 14.4 Å². The third-order valence-corrected chi connectivity index (χ3v) is 6.05. The summed E-state index contributed by atoms with van der Waals surface area (Å²) in [4.78, 5) is 39.0. The van der Waals surface area contributed by atoms with E-state index in [0.717, 1.165) is 20.5 Å². The maximum Gasteiger partial charge on any atom is 0.335 e. The lowest BCUT2D eigenvalue weighted by molar-refractivity contribution is -0.122. The quantitative estimate of drug-likeness (QED) is 0.332. The Bertz CT molecular complexity index is 1270. The first-order chi connectivity index (χ1) is 15.3. The van der Waals surface area contributed by atoms with Crippen LogP contribution in [0.15, 0.2) is 76.8 Å². The van der Waals surface area contributed by atoms with E-state index in [0.29, 0.717) is 27.7 Å². The molecular weight excluding hydrogens is 515 g/mol. The summed E-state index contributed by atoms with van der Waals surface area (Å²) >= 11 is 15.7. The highest BCUT2D eigenvalue weighted by Crippen LogP contribution is 2.27. The lowest BCUT2D eigenvalue weighted by Crippen LogP contribution is -2.54.